The number of halogens is 1. The molecule has 5 nitrogen and oxygen atoms in total. The van der Waals surface area contributed by atoms with Crippen molar-refractivity contribution in [3.63, 3.8) is 0 Å². The number of benzene rings is 1. The van der Waals surface area contributed by atoms with E-state index in [1.807, 2.05) is 31.2 Å². The minimum Gasteiger partial charge on any atom is -0.351 e. The second-order valence-electron chi connectivity index (χ2n) is 5.01. The monoisotopic (exact) mass is 323 g/mol. The molecule has 0 unspecified atom stereocenters. The highest BCUT2D eigenvalue weighted by Gasteiger charge is 2.15. The Morgan fingerprint density at radius 2 is 1.91 bits per heavy atom. The van der Waals surface area contributed by atoms with Crippen LogP contribution in [0.1, 0.15) is 29.3 Å². The maximum absolute atomic E-state index is 12.2. The molecule has 0 bridgehead atoms. The van der Waals surface area contributed by atoms with Gasteiger partial charge in [0.2, 0.25) is 0 Å². The molecule has 22 heavy (non-hydrogen) atoms. The topological polar surface area (TPSA) is 74.0 Å². The summed E-state index contributed by atoms with van der Waals surface area (Å²) in [7, 11) is 0. The first-order valence-corrected chi connectivity index (χ1v) is 7.25. The van der Waals surface area contributed by atoms with Crippen molar-refractivity contribution in [2.75, 3.05) is 19.6 Å². The normalized spacial score (nSPS) is 10.3. The van der Waals surface area contributed by atoms with Crippen LogP contribution in [-0.4, -0.2) is 30.5 Å². The van der Waals surface area contributed by atoms with Gasteiger partial charge in [0.05, 0.1) is 0 Å². The lowest BCUT2D eigenvalue weighted by Crippen LogP contribution is -2.35. The summed E-state index contributed by atoms with van der Waals surface area (Å²) in [5, 5.41) is 6.88. The first-order valence-electron chi connectivity index (χ1n) is 7.25. The maximum Gasteiger partial charge on any atom is 0.261 e. The Morgan fingerprint density at radius 1 is 1.18 bits per heavy atom. The van der Waals surface area contributed by atoms with E-state index in [4.69, 9.17) is 0 Å². The molecular formula is C16H22ClN3O2. The lowest BCUT2D eigenvalue weighted by atomic mass is 10.0. The van der Waals surface area contributed by atoms with Gasteiger partial charge in [0.1, 0.15) is 5.56 Å². The van der Waals surface area contributed by atoms with E-state index in [2.05, 4.69) is 22.5 Å². The zero-order valence-corrected chi connectivity index (χ0v) is 13.7. The summed E-state index contributed by atoms with van der Waals surface area (Å²) >= 11 is 0. The quantitative estimate of drug-likeness (QED) is 0.712. The van der Waals surface area contributed by atoms with Crippen LogP contribution >= 0.6 is 12.4 Å². The molecule has 1 aromatic carbocycles. The third-order valence-corrected chi connectivity index (χ3v) is 3.42. The van der Waals surface area contributed by atoms with E-state index in [1.54, 1.807) is 0 Å². The number of pyridine rings is 1. The standard InChI is InChI=1S/C16H21N3O2.ClH/c1-3-8-17-9-10-18-15(20)14-11(2)12-6-4-5-7-13(12)19-16(14)21;/h4-7,17H,3,8-10H2,1-2H3,(H,18,20)(H,19,21);1H. The number of amides is 1. The largest absolute Gasteiger partial charge is 0.351 e. The number of aryl methyl sites for hydroxylation is 1. The fraction of sp³-hybridized carbons (Fsp3) is 0.375. The van der Waals surface area contributed by atoms with Crippen LogP contribution in [0.5, 0.6) is 0 Å². The Morgan fingerprint density at radius 3 is 2.64 bits per heavy atom. The highest BCUT2D eigenvalue weighted by molar-refractivity contribution is 5.99. The van der Waals surface area contributed by atoms with Gasteiger partial charge in [-0.15, -0.1) is 12.4 Å². The van der Waals surface area contributed by atoms with Gasteiger partial charge in [0, 0.05) is 24.0 Å². The van der Waals surface area contributed by atoms with Gasteiger partial charge in [0.15, 0.2) is 0 Å². The van der Waals surface area contributed by atoms with Gasteiger partial charge >= 0.3 is 0 Å². The lowest BCUT2D eigenvalue weighted by molar-refractivity contribution is 0.0952. The number of carbonyl (C=O) groups is 1. The summed E-state index contributed by atoms with van der Waals surface area (Å²) in [6.45, 7) is 6.02. The van der Waals surface area contributed by atoms with Gasteiger partial charge < -0.3 is 15.6 Å². The summed E-state index contributed by atoms with van der Waals surface area (Å²) in [5.41, 5.74) is 1.32. The number of para-hydroxylation sites is 1. The average Bonchev–Trinajstić information content (AvgIpc) is 2.47. The van der Waals surface area contributed by atoms with Crippen LogP contribution in [0.15, 0.2) is 29.1 Å². The van der Waals surface area contributed by atoms with Crippen molar-refractivity contribution < 1.29 is 4.79 Å². The summed E-state index contributed by atoms with van der Waals surface area (Å²) in [4.78, 5) is 27.1. The van der Waals surface area contributed by atoms with Crippen LogP contribution in [0.4, 0.5) is 0 Å². The van der Waals surface area contributed by atoms with Gasteiger partial charge in [-0.2, -0.15) is 0 Å². The SMILES string of the molecule is CCCNCCNC(=O)c1c(C)c2ccccc2[nH]c1=O.Cl. The summed E-state index contributed by atoms with van der Waals surface area (Å²) in [6, 6.07) is 7.49. The fourth-order valence-corrected chi connectivity index (χ4v) is 2.34. The van der Waals surface area contributed by atoms with Gasteiger partial charge in [-0.3, -0.25) is 9.59 Å². The molecule has 2 aromatic rings. The van der Waals surface area contributed by atoms with Crippen LogP contribution in [0.3, 0.4) is 0 Å². The molecule has 0 radical (unpaired) electrons. The lowest BCUT2D eigenvalue weighted by Gasteiger charge is -2.09. The second-order valence-corrected chi connectivity index (χ2v) is 5.01. The van der Waals surface area contributed by atoms with Crippen LogP contribution < -0.4 is 16.2 Å². The minimum atomic E-state index is -0.342. The van der Waals surface area contributed by atoms with Crippen molar-refractivity contribution in [1.82, 2.24) is 15.6 Å². The van der Waals surface area contributed by atoms with Crippen LogP contribution in [0, 0.1) is 6.92 Å². The number of aromatic amines is 1. The summed E-state index contributed by atoms with van der Waals surface area (Å²) < 4.78 is 0. The molecule has 0 fully saturated rings. The molecule has 120 valence electrons. The van der Waals surface area contributed by atoms with Gasteiger partial charge in [0.25, 0.3) is 11.5 Å². The number of hydrogen-bond acceptors (Lipinski definition) is 3. The number of hydrogen-bond donors (Lipinski definition) is 3. The summed E-state index contributed by atoms with van der Waals surface area (Å²) in [5.74, 6) is -0.321. The van der Waals surface area contributed by atoms with E-state index in [-0.39, 0.29) is 29.4 Å². The van der Waals surface area contributed by atoms with E-state index in [0.29, 0.717) is 18.7 Å². The Bertz CT molecular complexity index is 697. The molecule has 1 amide bonds. The molecule has 1 aromatic heterocycles. The Hall–Kier alpha value is -1.85. The molecule has 0 aliphatic carbocycles. The van der Waals surface area contributed by atoms with E-state index in [1.165, 1.54) is 0 Å². The molecule has 3 N–H and O–H groups in total. The highest BCUT2D eigenvalue weighted by atomic mass is 35.5. The number of H-pyrrole nitrogens is 1. The minimum absolute atomic E-state index is 0. The highest BCUT2D eigenvalue weighted by Crippen LogP contribution is 2.16. The predicted molar refractivity (Wildman–Crippen MR) is 92.0 cm³/mol. The molecule has 2 rings (SSSR count). The van der Waals surface area contributed by atoms with Crippen LogP contribution in [0.25, 0.3) is 10.9 Å². The van der Waals surface area contributed by atoms with Gasteiger partial charge in [-0.1, -0.05) is 25.1 Å². The van der Waals surface area contributed by atoms with Crippen molar-refractivity contribution in [3.05, 3.63) is 45.7 Å². The van der Waals surface area contributed by atoms with Crippen LogP contribution in [-0.2, 0) is 0 Å². The number of aromatic nitrogens is 1. The molecular weight excluding hydrogens is 302 g/mol. The molecule has 0 aliphatic rings. The van der Waals surface area contributed by atoms with E-state index >= 15 is 0 Å². The number of nitrogens with one attached hydrogen (secondary N) is 3. The Labute approximate surface area is 135 Å². The zero-order chi connectivity index (χ0) is 15.2. The van der Waals surface area contributed by atoms with E-state index in [9.17, 15) is 9.59 Å². The van der Waals surface area contributed by atoms with Gasteiger partial charge in [-0.05, 0) is 31.5 Å². The summed E-state index contributed by atoms with van der Waals surface area (Å²) in [6.07, 6.45) is 1.05. The third-order valence-electron chi connectivity index (χ3n) is 3.42. The number of rotatable bonds is 6. The predicted octanol–water partition coefficient (Wildman–Crippen LogP) is 1.99. The Balaban J connectivity index is 0.00000242. The molecule has 0 atom stereocenters. The van der Waals surface area contributed by atoms with Crippen LogP contribution in [0.2, 0.25) is 0 Å². The number of fused-ring (bicyclic) bond motifs is 1. The molecule has 0 aliphatic heterocycles. The number of carbonyl (C=O) groups excluding carboxylic acids is 1. The zero-order valence-electron chi connectivity index (χ0n) is 12.9. The average molecular weight is 324 g/mol. The fourth-order valence-electron chi connectivity index (χ4n) is 2.34. The molecule has 0 saturated carbocycles. The third kappa shape index (κ3) is 4.08. The van der Waals surface area contributed by atoms with Crippen molar-refractivity contribution in [3.8, 4) is 0 Å². The van der Waals surface area contributed by atoms with Gasteiger partial charge in [-0.25, -0.2) is 0 Å². The molecule has 6 heteroatoms. The maximum atomic E-state index is 12.2. The van der Waals surface area contributed by atoms with Crippen molar-refractivity contribution in [1.29, 1.82) is 0 Å². The van der Waals surface area contributed by atoms with E-state index in [0.717, 1.165) is 23.9 Å². The van der Waals surface area contributed by atoms with Crippen molar-refractivity contribution >= 4 is 29.2 Å². The van der Waals surface area contributed by atoms with Crippen molar-refractivity contribution in [2.24, 2.45) is 0 Å². The van der Waals surface area contributed by atoms with E-state index < -0.39 is 0 Å². The second kappa shape index (κ2) is 8.56. The van der Waals surface area contributed by atoms with Crippen molar-refractivity contribution in [2.45, 2.75) is 20.3 Å². The molecule has 0 spiro atoms. The Kier molecular flexibility index (Phi) is 7.08. The smallest absolute Gasteiger partial charge is 0.261 e. The molecule has 0 saturated heterocycles. The molecule has 1 heterocycles. The first kappa shape index (κ1) is 18.2. The first-order chi connectivity index (χ1) is 10.1.